The third-order valence-corrected chi connectivity index (χ3v) is 7.81. The Morgan fingerprint density at radius 2 is 1.91 bits per heavy atom. The van der Waals surface area contributed by atoms with Crippen molar-refractivity contribution in [2.45, 2.75) is 63.5 Å². The topological polar surface area (TPSA) is 82.7 Å². The lowest BCUT2D eigenvalue weighted by Gasteiger charge is -2.37. The highest BCUT2D eigenvalue weighted by atomic mass is 16.5. The molecule has 3 aromatic rings. The molecule has 0 aromatic carbocycles. The van der Waals surface area contributed by atoms with Crippen LogP contribution in [-0.2, 0) is 14.2 Å². The van der Waals surface area contributed by atoms with E-state index in [1.165, 1.54) is 5.69 Å². The molecule has 0 aliphatic carbocycles. The summed E-state index contributed by atoms with van der Waals surface area (Å²) in [7, 11) is 0. The highest BCUT2D eigenvalue weighted by molar-refractivity contribution is 5.92. The fraction of sp³-hybridized carbons (Fsp3) is 0.640. The summed E-state index contributed by atoms with van der Waals surface area (Å²) >= 11 is 0. The molecule has 0 radical (unpaired) electrons. The number of hydrogen-bond acceptors (Lipinski definition) is 8. The van der Waals surface area contributed by atoms with Crippen molar-refractivity contribution in [1.82, 2.24) is 24.5 Å². The standard InChI is InChI=1S/C25H33N7O3/c1-17-16-33-11-9-30(17)21-12-23(29-14-18-5-6-19(15-29)35-18)27-25-20(21)13-26-32(25)22-7-8-31(28-22)24-4-2-3-10-34-24/h7-8,12-13,17-19,24H,2-6,9-11,14-16H2,1H3. The zero-order chi connectivity index (χ0) is 23.4. The van der Waals surface area contributed by atoms with E-state index in [0.29, 0.717) is 12.2 Å². The summed E-state index contributed by atoms with van der Waals surface area (Å²) in [6.07, 6.45) is 10.1. The van der Waals surface area contributed by atoms with E-state index in [0.717, 1.165) is 94.2 Å². The van der Waals surface area contributed by atoms with Gasteiger partial charge in [-0.25, -0.2) is 9.67 Å². The summed E-state index contributed by atoms with van der Waals surface area (Å²) < 4.78 is 21.6. The first kappa shape index (κ1) is 21.6. The Bertz CT molecular complexity index is 1190. The summed E-state index contributed by atoms with van der Waals surface area (Å²) in [6, 6.07) is 4.54. The van der Waals surface area contributed by atoms with E-state index in [4.69, 9.17) is 29.4 Å². The molecule has 2 bridgehead atoms. The van der Waals surface area contributed by atoms with Crippen LogP contribution < -0.4 is 9.80 Å². The van der Waals surface area contributed by atoms with E-state index in [1.54, 1.807) is 0 Å². The average molecular weight is 480 g/mol. The third-order valence-electron chi connectivity index (χ3n) is 7.81. The van der Waals surface area contributed by atoms with Gasteiger partial charge < -0.3 is 24.0 Å². The van der Waals surface area contributed by atoms with E-state index < -0.39 is 0 Å². The van der Waals surface area contributed by atoms with Gasteiger partial charge in [-0.3, -0.25) is 0 Å². The van der Waals surface area contributed by atoms with Gasteiger partial charge in [0.15, 0.2) is 11.5 Å². The van der Waals surface area contributed by atoms with Gasteiger partial charge in [0.25, 0.3) is 0 Å². The van der Waals surface area contributed by atoms with Crippen LogP contribution in [0.4, 0.5) is 11.5 Å². The van der Waals surface area contributed by atoms with Crippen LogP contribution in [0.15, 0.2) is 24.5 Å². The number of morpholine rings is 2. The van der Waals surface area contributed by atoms with Crippen molar-refractivity contribution in [2.75, 3.05) is 49.3 Å². The molecule has 4 saturated heterocycles. The lowest BCUT2D eigenvalue weighted by atomic mass is 10.1. The molecule has 186 valence electrons. The van der Waals surface area contributed by atoms with Gasteiger partial charge in [-0.2, -0.15) is 14.9 Å². The SMILES string of the molecule is CC1COCCN1c1cc(N2CC3CCC(C2)O3)nc2c1cnn2-c1ccn(C2CCCCO2)n1. The van der Waals surface area contributed by atoms with Crippen molar-refractivity contribution in [3.05, 3.63) is 24.5 Å². The van der Waals surface area contributed by atoms with Crippen LogP contribution in [0.2, 0.25) is 0 Å². The number of hydrogen-bond donors (Lipinski definition) is 0. The minimum atomic E-state index is -0.00330. The second kappa shape index (κ2) is 8.76. The van der Waals surface area contributed by atoms with Crippen molar-refractivity contribution in [2.24, 2.45) is 0 Å². The predicted octanol–water partition coefficient (Wildman–Crippen LogP) is 2.91. The highest BCUT2D eigenvalue weighted by Gasteiger charge is 2.35. The molecule has 4 fully saturated rings. The smallest absolute Gasteiger partial charge is 0.177 e. The first-order chi connectivity index (χ1) is 17.2. The minimum absolute atomic E-state index is 0.00330. The molecule has 0 spiro atoms. The number of nitrogens with zero attached hydrogens (tertiary/aromatic N) is 7. The Kier molecular flexibility index (Phi) is 5.40. The van der Waals surface area contributed by atoms with Crippen molar-refractivity contribution in [1.29, 1.82) is 0 Å². The zero-order valence-corrected chi connectivity index (χ0v) is 20.3. The number of aromatic nitrogens is 5. The average Bonchev–Trinajstić information content (AvgIpc) is 3.62. The van der Waals surface area contributed by atoms with E-state index in [-0.39, 0.29) is 12.3 Å². The van der Waals surface area contributed by atoms with Gasteiger partial charge in [-0.1, -0.05) is 0 Å². The van der Waals surface area contributed by atoms with Gasteiger partial charge >= 0.3 is 0 Å². The zero-order valence-electron chi connectivity index (χ0n) is 20.3. The molecule has 4 aliphatic heterocycles. The molecular formula is C25H33N7O3. The van der Waals surface area contributed by atoms with Gasteiger partial charge in [0, 0.05) is 50.6 Å². The maximum Gasteiger partial charge on any atom is 0.177 e. The van der Waals surface area contributed by atoms with E-state index in [9.17, 15) is 0 Å². The molecule has 7 heterocycles. The first-order valence-electron chi connectivity index (χ1n) is 13.0. The van der Waals surface area contributed by atoms with Gasteiger partial charge in [-0.05, 0) is 39.0 Å². The van der Waals surface area contributed by atoms with Crippen LogP contribution in [0.3, 0.4) is 0 Å². The number of ether oxygens (including phenoxy) is 3. The van der Waals surface area contributed by atoms with E-state index >= 15 is 0 Å². The Balaban J connectivity index is 1.31. The van der Waals surface area contributed by atoms with Crippen LogP contribution >= 0.6 is 0 Å². The molecule has 4 atom stereocenters. The van der Waals surface area contributed by atoms with Crippen LogP contribution in [0.5, 0.6) is 0 Å². The van der Waals surface area contributed by atoms with Gasteiger partial charge in [0.05, 0.1) is 42.7 Å². The summed E-state index contributed by atoms with van der Waals surface area (Å²) in [6.45, 7) is 7.08. The first-order valence-corrected chi connectivity index (χ1v) is 13.0. The van der Waals surface area contributed by atoms with Crippen LogP contribution in [0.1, 0.15) is 45.3 Å². The molecular weight excluding hydrogens is 446 g/mol. The number of anilines is 2. The van der Waals surface area contributed by atoms with Crippen LogP contribution in [-0.4, -0.2) is 82.2 Å². The Labute approximate surface area is 204 Å². The summed E-state index contributed by atoms with van der Waals surface area (Å²) in [4.78, 5) is 10.00. The summed E-state index contributed by atoms with van der Waals surface area (Å²) in [5.41, 5.74) is 2.01. The quantitative estimate of drug-likeness (QED) is 0.565. The summed E-state index contributed by atoms with van der Waals surface area (Å²) in [5, 5.41) is 10.7. The summed E-state index contributed by atoms with van der Waals surface area (Å²) in [5.74, 6) is 1.75. The monoisotopic (exact) mass is 479 g/mol. The lowest BCUT2D eigenvalue weighted by molar-refractivity contribution is -0.0395. The number of pyridine rings is 1. The molecule has 0 saturated carbocycles. The second-order valence-corrected chi connectivity index (χ2v) is 10.2. The third kappa shape index (κ3) is 3.88. The normalized spacial score (nSPS) is 29.3. The largest absolute Gasteiger partial charge is 0.377 e. The van der Waals surface area contributed by atoms with Crippen molar-refractivity contribution in [3.8, 4) is 5.82 Å². The second-order valence-electron chi connectivity index (χ2n) is 10.2. The molecule has 10 nitrogen and oxygen atoms in total. The highest BCUT2D eigenvalue weighted by Crippen LogP contribution is 2.36. The van der Waals surface area contributed by atoms with Crippen LogP contribution in [0, 0.1) is 0 Å². The fourth-order valence-corrected chi connectivity index (χ4v) is 5.96. The van der Waals surface area contributed by atoms with E-state index in [2.05, 4.69) is 22.8 Å². The van der Waals surface area contributed by atoms with Crippen LogP contribution in [0.25, 0.3) is 16.9 Å². The maximum absolute atomic E-state index is 6.10. The minimum Gasteiger partial charge on any atom is -0.377 e. The molecule has 0 N–H and O–H groups in total. The van der Waals surface area contributed by atoms with Gasteiger partial charge in [0.1, 0.15) is 12.0 Å². The molecule has 4 aliphatic rings. The van der Waals surface area contributed by atoms with Crippen molar-refractivity contribution >= 4 is 22.5 Å². The molecule has 35 heavy (non-hydrogen) atoms. The fourth-order valence-electron chi connectivity index (χ4n) is 5.96. The van der Waals surface area contributed by atoms with E-state index in [1.807, 2.05) is 27.8 Å². The van der Waals surface area contributed by atoms with Crippen molar-refractivity contribution in [3.63, 3.8) is 0 Å². The Morgan fingerprint density at radius 3 is 2.71 bits per heavy atom. The molecule has 4 unspecified atom stereocenters. The number of rotatable bonds is 4. The van der Waals surface area contributed by atoms with Gasteiger partial charge in [0.2, 0.25) is 0 Å². The maximum atomic E-state index is 6.10. The molecule has 3 aromatic heterocycles. The predicted molar refractivity (Wildman–Crippen MR) is 131 cm³/mol. The molecule has 10 heteroatoms. The van der Waals surface area contributed by atoms with Gasteiger partial charge in [-0.15, -0.1) is 0 Å². The molecule has 7 rings (SSSR count). The lowest BCUT2D eigenvalue weighted by Crippen LogP contribution is -2.45. The molecule has 0 amide bonds. The van der Waals surface area contributed by atoms with Crippen molar-refractivity contribution < 1.29 is 14.2 Å². The number of fused-ring (bicyclic) bond motifs is 3. The Hall–Kier alpha value is -2.69. The Morgan fingerprint density at radius 1 is 1.03 bits per heavy atom.